The fourth-order valence-electron chi connectivity index (χ4n) is 3.30. The van der Waals surface area contributed by atoms with E-state index in [1.807, 2.05) is 20.8 Å². The Kier molecular flexibility index (Phi) is 6.05. The molecule has 2 amide bonds. The maximum absolute atomic E-state index is 13.2. The number of hydrogen-bond acceptors (Lipinski definition) is 5. The van der Waals surface area contributed by atoms with E-state index < -0.39 is 10.5 Å². The number of amides is 2. The van der Waals surface area contributed by atoms with Crippen molar-refractivity contribution in [2.45, 2.75) is 26.4 Å². The zero-order valence-electron chi connectivity index (χ0n) is 17.3. The van der Waals surface area contributed by atoms with Crippen LogP contribution in [0.3, 0.4) is 0 Å². The number of rotatable bonds is 3. The number of piperazine rings is 1. The van der Waals surface area contributed by atoms with Gasteiger partial charge in [0.15, 0.2) is 0 Å². The van der Waals surface area contributed by atoms with Crippen LogP contribution in [-0.4, -0.2) is 58.5 Å². The van der Waals surface area contributed by atoms with Gasteiger partial charge in [-0.3, -0.25) is 14.9 Å². The highest BCUT2D eigenvalue weighted by molar-refractivity contribution is 6.01. The third kappa shape index (κ3) is 4.94. The van der Waals surface area contributed by atoms with E-state index in [0.717, 1.165) is 0 Å². The second-order valence-corrected chi connectivity index (χ2v) is 8.11. The minimum atomic E-state index is -0.568. The Morgan fingerprint density at radius 3 is 2.23 bits per heavy atom. The lowest BCUT2D eigenvalue weighted by Crippen LogP contribution is -2.51. The van der Waals surface area contributed by atoms with E-state index in [-0.39, 0.29) is 17.7 Å². The van der Waals surface area contributed by atoms with Gasteiger partial charge in [-0.25, -0.2) is 4.79 Å². The number of hydrogen-bond donors (Lipinski definition) is 0. The van der Waals surface area contributed by atoms with E-state index in [2.05, 4.69) is 0 Å². The first-order valence-electron chi connectivity index (χ1n) is 9.77. The molecule has 0 spiro atoms. The molecule has 0 N–H and O–H groups in total. The van der Waals surface area contributed by atoms with Crippen molar-refractivity contribution in [2.75, 3.05) is 26.2 Å². The molecular formula is C22H25N3O5. The summed E-state index contributed by atoms with van der Waals surface area (Å²) in [5.41, 5.74) is 1.13. The van der Waals surface area contributed by atoms with Crippen LogP contribution >= 0.6 is 0 Å². The minimum absolute atomic E-state index is 0.0271. The van der Waals surface area contributed by atoms with E-state index in [1.54, 1.807) is 46.2 Å². The molecule has 158 valence electrons. The summed E-state index contributed by atoms with van der Waals surface area (Å²) in [6.07, 6.45) is -0.383. The SMILES string of the molecule is CC(C)(C)OC(=O)N1CCN(C(=O)c2ccccc2-c2cccc([N+](=O)[O-])c2)CC1. The summed E-state index contributed by atoms with van der Waals surface area (Å²) in [7, 11) is 0. The molecule has 0 aliphatic carbocycles. The summed E-state index contributed by atoms with van der Waals surface area (Å²) in [6, 6.07) is 13.3. The van der Waals surface area contributed by atoms with Gasteiger partial charge in [0.1, 0.15) is 5.60 Å². The van der Waals surface area contributed by atoms with Gasteiger partial charge in [0, 0.05) is 43.9 Å². The van der Waals surface area contributed by atoms with Gasteiger partial charge in [-0.15, -0.1) is 0 Å². The molecule has 0 saturated carbocycles. The van der Waals surface area contributed by atoms with Crippen molar-refractivity contribution >= 4 is 17.7 Å². The molecule has 1 aliphatic rings. The van der Waals surface area contributed by atoms with Gasteiger partial charge in [0.2, 0.25) is 0 Å². The van der Waals surface area contributed by atoms with Crippen molar-refractivity contribution in [1.82, 2.24) is 9.80 Å². The van der Waals surface area contributed by atoms with Crippen molar-refractivity contribution < 1.29 is 19.2 Å². The van der Waals surface area contributed by atoms with Crippen LogP contribution in [0.4, 0.5) is 10.5 Å². The highest BCUT2D eigenvalue weighted by Gasteiger charge is 2.29. The topological polar surface area (TPSA) is 93.0 Å². The third-order valence-electron chi connectivity index (χ3n) is 4.74. The number of carbonyl (C=O) groups excluding carboxylic acids is 2. The van der Waals surface area contributed by atoms with Crippen LogP contribution in [0, 0.1) is 10.1 Å². The predicted octanol–water partition coefficient (Wildman–Crippen LogP) is 3.95. The number of benzene rings is 2. The fraction of sp³-hybridized carbons (Fsp3) is 0.364. The Labute approximate surface area is 175 Å². The maximum atomic E-state index is 13.2. The molecular weight excluding hydrogens is 386 g/mol. The predicted molar refractivity (Wildman–Crippen MR) is 112 cm³/mol. The van der Waals surface area contributed by atoms with Crippen molar-refractivity contribution in [3.05, 3.63) is 64.2 Å². The number of nitro benzene ring substituents is 1. The maximum Gasteiger partial charge on any atom is 0.410 e. The normalized spacial score (nSPS) is 14.4. The number of nitro groups is 1. The first kappa shape index (κ1) is 21.3. The number of ether oxygens (including phenoxy) is 1. The Morgan fingerprint density at radius 2 is 1.60 bits per heavy atom. The summed E-state index contributed by atoms with van der Waals surface area (Å²) >= 11 is 0. The van der Waals surface area contributed by atoms with E-state index in [1.165, 1.54) is 12.1 Å². The first-order chi connectivity index (χ1) is 14.2. The van der Waals surface area contributed by atoms with Crippen LogP contribution in [0.5, 0.6) is 0 Å². The van der Waals surface area contributed by atoms with E-state index in [0.29, 0.717) is 42.9 Å². The van der Waals surface area contributed by atoms with Gasteiger partial charge in [0.25, 0.3) is 11.6 Å². The first-order valence-corrected chi connectivity index (χ1v) is 9.77. The van der Waals surface area contributed by atoms with Crippen molar-refractivity contribution in [3.63, 3.8) is 0 Å². The molecule has 1 saturated heterocycles. The van der Waals surface area contributed by atoms with Crippen molar-refractivity contribution in [1.29, 1.82) is 0 Å². The quantitative estimate of drug-likeness (QED) is 0.563. The second kappa shape index (κ2) is 8.52. The highest BCUT2D eigenvalue weighted by atomic mass is 16.6. The molecule has 3 rings (SSSR count). The molecule has 8 heteroatoms. The standard InChI is InChI=1S/C22H25N3O5/c1-22(2,3)30-21(27)24-13-11-23(12-14-24)20(26)19-10-5-4-9-18(19)16-7-6-8-17(15-16)25(28)29/h4-10,15H,11-14H2,1-3H3. The lowest BCUT2D eigenvalue weighted by molar-refractivity contribution is -0.384. The monoisotopic (exact) mass is 411 g/mol. The molecule has 0 atom stereocenters. The average molecular weight is 411 g/mol. The summed E-state index contributed by atoms with van der Waals surface area (Å²) in [6.45, 7) is 7.00. The van der Waals surface area contributed by atoms with Crippen LogP contribution in [0.15, 0.2) is 48.5 Å². The zero-order valence-corrected chi connectivity index (χ0v) is 17.3. The molecule has 2 aromatic carbocycles. The van der Waals surface area contributed by atoms with Gasteiger partial charge in [-0.05, 0) is 38.0 Å². The van der Waals surface area contributed by atoms with Crippen LogP contribution < -0.4 is 0 Å². The Hall–Kier alpha value is -3.42. The Bertz CT molecular complexity index is 959. The second-order valence-electron chi connectivity index (χ2n) is 8.11. The number of carbonyl (C=O) groups is 2. The summed E-state index contributed by atoms with van der Waals surface area (Å²) < 4.78 is 5.39. The molecule has 30 heavy (non-hydrogen) atoms. The summed E-state index contributed by atoms with van der Waals surface area (Å²) in [5, 5.41) is 11.1. The number of non-ortho nitro benzene ring substituents is 1. The molecule has 0 radical (unpaired) electrons. The molecule has 0 bridgehead atoms. The molecule has 0 aromatic heterocycles. The van der Waals surface area contributed by atoms with E-state index >= 15 is 0 Å². The Balaban J connectivity index is 1.76. The fourth-order valence-corrected chi connectivity index (χ4v) is 3.30. The van der Waals surface area contributed by atoms with Gasteiger partial charge < -0.3 is 14.5 Å². The van der Waals surface area contributed by atoms with Crippen LogP contribution in [0.25, 0.3) is 11.1 Å². The smallest absolute Gasteiger partial charge is 0.410 e. The van der Waals surface area contributed by atoms with Gasteiger partial charge in [-0.2, -0.15) is 0 Å². The van der Waals surface area contributed by atoms with Crippen LogP contribution in [0.2, 0.25) is 0 Å². The molecule has 0 unspecified atom stereocenters. The summed E-state index contributed by atoms with van der Waals surface area (Å²) in [5.74, 6) is -0.166. The lowest BCUT2D eigenvalue weighted by atomic mass is 9.98. The van der Waals surface area contributed by atoms with Gasteiger partial charge in [-0.1, -0.05) is 30.3 Å². The molecule has 2 aromatic rings. The minimum Gasteiger partial charge on any atom is -0.444 e. The van der Waals surface area contributed by atoms with Crippen molar-refractivity contribution in [2.24, 2.45) is 0 Å². The van der Waals surface area contributed by atoms with Crippen LogP contribution in [-0.2, 0) is 4.74 Å². The third-order valence-corrected chi connectivity index (χ3v) is 4.74. The molecule has 8 nitrogen and oxygen atoms in total. The zero-order chi connectivity index (χ0) is 21.9. The highest BCUT2D eigenvalue weighted by Crippen LogP contribution is 2.28. The van der Waals surface area contributed by atoms with Crippen LogP contribution in [0.1, 0.15) is 31.1 Å². The van der Waals surface area contributed by atoms with Gasteiger partial charge in [0.05, 0.1) is 4.92 Å². The lowest BCUT2D eigenvalue weighted by Gasteiger charge is -2.35. The summed E-state index contributed by atoms with van der Waals surface area (Å²) in [4.78, 5) is 39.4. The molecule has 1 heterocycles. The average Bonchev–Trinajstić information content (AvgIpc) is 2.72. The van der Waals surface area contributed by atoms with Crippen molar-refractivity contribution in [3.8, 4) is 11.1 Å². The largest absolute Gasteiger partial charge is 0.444 e. The van der Waals surface area contributed by atoms with Gasteiger partial charge >= 0.3 is 6.09 Å². The van der Waals surface area contributed by atoms with E-state index in [9.17, 15) is 19.7 Å². The molecule has 1 fully saturated rings. The number of nitrogens with zero attached hydrogens (tertiary/aromatic N) is 3. The van der Waals surface area contributed by atoms with E-state index in [4.69, 9.17) is 4.74 Å². The Morgan fingerprint density at radius 1 is 0.967 bits per heavy atom. The molecule has 1 aliphatic heterocycles.